The first-order valence-electron chi connectivity index (χ1n) is 9.15. The molecule has 1 aliphatic heterocycles. The second-order valence-corrected chi connectivity index (χ2v) is 6.69. The number of rotatable bonds is 8. The molecule has 0 bridgehead atoms. The predicted molar refractivity (Wildman–Crippen MR) is 98.4 cm³/mol. The van der Waals surface area contributed by atoms with Gasteiger partial charge in [0.05, 0.1) is 6.61 Å². The summed E-state index contributed by atoms with van der Waals surface area (Å²) in [5, 5.41) is 0. The van der Waals surface area contributed by atoms with E-state index in [1.807, 2.05) is 42.5 Å². The molecule has 3 nitrogen and oxygen atoms in total. The Hall–Kier alpha value is -2.13. The molecule has 2 unspecified atom stereocenters. The highest BCUT2D eigenvalue weighted by Gasteiger charge is 2.64. The van der Waals surface area contributed by atoms with Crippen LogP contribution in [0.2, 0.25) is 0 Å². The van der Waals surface area contributed by atoms with Crippen LogP contribution in [0, 0.1) is 6.92 Å². The van der Waals surface area contributed by atoms with Crippen LogP contribution in [0.25, 0.3) is 0 Å². The molecule has 3 heteroatoms. The van der Waals surface area contributed by atoms with Gasteiger partial charge in [-0.3, -0.25) is 0 Å². The highest BCUT2D eigenvalue weighted by molar-refractivity contribution is 5.81. The molecule has 1 heterocycles. The summed E-state index contributed by atoms with van der Waals surface area (Å²) in [6, 6.07) is 18.1. The van der Waals surface area contributed by atoms with Crippen molar-refractivity contribution in [3.05, 3.63) is 71.3 Å². The molecule has 0 spiro atoms. The van der Waals surface area contributed by atoms with Gasteiger partial charge in [-0.05, 0) is 24.5 Å². The summed E-state index contributed by atoms with van der Waals surface area (Å²) in [6.07, 6.45) is 3.79. The smallest absolute Gasteiger partial charge is 0.339 e. The van der Waals surface area contributed by atoms with Crippen molar-refractivity contribution in [3.63, 3.8) is 0 Å². The highest BCUT2D eigenvalue weighted by atomic mass is 16.7. The minimum atomic E-state index is -0.713. The van der Waals surface area contributed by atoms with Crippen molar-refractivity contribution in [2.24, 2.45) is 0 Å². The number of ether oxygens (including phenoxy) is 2. The molecule has 3 rings (SSSR count). The van der Waals surface area contributed by atoms with Crippen molar-refractivity contribution >= 4 is 5.97 Å². The first-order valence-corrected chi connectivity index (χ1v) is 9.15. The quantitative estimate of drug-likeness (QED) is 0.396. The van der Waals surface area contributed by atoms with E-state index in [0.717, 1.165) is 24.0 Å². The maximum Gasteiger partial charge on any atom is 0.339 e. The second-order valence-electron chi connectivity index (χ2n) is 6.69. The summed E-state index contributed by atoms with van der Waals surface area (Å²) < 4.78 is 11.5. The van der Waals surface area contributed by atoms with E-state index in [1.54, 1.807) is 0 Å². The molecule has 1 aliphatic rings. The highest BCUT2D eigenvalue weighted by Crippen LogP contribution is 2.52. The third-order valence-corrected chi connectivity index (χ3v) is 4.76. The first kappa shape index (κ1) is 17.7. The fourth-order valence-electron chi connectivity index (χ4n) is 3.24. The molecular formula is C22H26O3. The number of aryl methyl sites for hydroxylation is 1. The van der Waals surface area contributed by atoms with E-state index in [2.05, 4.69) is 26.0 Å². The Bertz CT molecular complexity index is 693. The van der Waals surface area contributed by atoms with Crippen molar-refractivity contribution < 1.29 is 14.3 Å². The third kappa shape index (κ3) is 3.77. The number of carbonyl (C=O) groups is 1. The average molecular weight is 338 g/mol. The van der Waals surface area contributed by atoms with Crippen LogP contribution in [0.4, 0.5) is 0 Å². The van der Waals surface area contributed by atoms with Gasteiger partial charge in [0.25, 0.3) is 0 Å². The van der Waals surface area contributed by atoms with Gasteiger partial charge in [-0.2, -0.15) is 0 Å². The van der Waals surface area contributed by atoms with Gasteiger partial charge in [0.15, 0.2) is 11.7 Å². The molecule has 0 N–H and O–H groups in total. The Morgan fingerprint density at radius 3 is 2.36 bits per heavy atom. The summed E-state index contributed by atoms with van der Waals surface area (Å²) in [6.45, 7) is 4.69. The van der Waals surface area contributed by atoms with Gasteiger partial charge in [0.1, 0.15) is 0 Å². The van der Waals surface area contributed by atoms with Crippen LogP contribution < -0.4 is 0 Å². The van der Waals surface area contributed by atoms with Gasteiger partial charge in [-0.15, -0.1) is 0 Å². The molecule has 25 heavy (non-hydrogen) atoms. The number of epoxide rings is 1. The van der Waals surface area contributed by atoms with Gasteiger partial charge >= 0.3 is 5.97 Å². The molecule has 2 aromatic carbocycles. The Morgan fingerprint density at radius 2 is 1.68 bits per heavy atom. The minimum Gasteiger partial charge on any atom is -0.464 e. The zero-order chi connectivity index (χ0) is 17.7. The van der Waals surface area contributed by atoms with E-state index in [-0.39, 0.29) is 5.97 Å². The lowest BCUT2D eigenvalue weighted by atomic mass is 9.87. The average Bonchev–Trinajstić information content (AvgIpc) is 3.40. The molecule has 0 aliphatic carbocycles. The zero-order valence-electron chi connectivity index (χ0n) is 15.0. The predicted octanol–water partition coefficient (Wildman–Crippen LogP) is 4.76. The van der Waals surface area contributed by atoms with Gasteiger partial charge in [0.2, 0.25) is 0 Å². The standard InChI is InChI=1S/C22H26O3/c1-3-4-5-9-16-24-21(23)20-22(25-20,18-10-7-6-8-11-18)19-14-12-17(2)13-15-19/h6-8,10-15,20H,3-5,9,16H2,1-2H3. The van der Waals surface area contributed by atoms with Gasteiger partial charge in [0, 0.05) is 0 Å². The molecule has 0 radical (unpaired) electrons. The van der Waals surface area contributed by atoms with Crippen LogP contribution in [-0.2, 0) is 19.9 Å². The number of unbranched alkanes of at least 4 members (excludes halogenated alkanes) is 3. The van der Waals surface area contributed by atoms with Crippen LogP contribution in [-0.4, -0.2) is 18.7 Å². The van der Waals surface area contributed by atoms with E-state index in [9.17, 15) is 4.79 Å². The van der Waals surface area contributed by atoms with Gasteiger partial charge in [-0.25, -0.2) is 4.79 Å². The van der Waals surface area contributed by atoms with Crippen LogP contribution in [0.1, 0.15) is 49.3 Å². The van der Waals surface area contributed by atoms with Gasteiger partial charge < -0.3 is 9.47 Å². The van der Waals surface area contributed by atoms with Crippen molar-refractivity contribution in [2.45, 2.75) is 51.2 Å². The molecular weight excluding hydrogens is 312 g/mol. The number of hydrogen-bond donors (Lipinski definition) is 0. The Kier molecular flexibility index (Phi) is 5.54. The Balaban J connectivity index is 1.75. The monoisotopic (exact) mass is 338 g/mol. The number of esters is 1. The van der Waals surface area contributed by atoms with E-state index in [1.165, 1.54) is 18.4 Å². The lowest BCUT2D eigenvalue weighted by Crippen LogP contribution is -2.23. The SMILES string of the molecule is CCCCCCOC(=O)C1OC1(c1ccccc1)c1ccc(C)cc1. The van der Waals surface area contributed by atoms with Crippen molar-refractivity contribution in [2.75, 3.05) is 6.61 Å². The van der Waals surface area contributed by atoms with Crippen LogP contribution >= 0.6 is 0 Å². The molecule has 0 amide bonds. The number of hydrogen-bond acceptors (Lipinski definition) is 3. The largest absolute Gasteiger partial charge is 0.464 e. The fourth-order valence-corrected chi connectivity index (χ4v) is 3.24. The summed E-state index contributed by atoms with van der Waals surface area (Å²) in [5.74, 6) is -0.263. The third-order valence-electron chi connectivity index (χ3n) is 4.76. The van der Waals surface area contributed by atoms with E-state index >= 15 is 0 Å². The topological polar surface area (TPSA) is 38.8 Å². The van der Waals surface area contributed by atoms with Crippen molar-refractivity contribution in [1.82, 2.24) is 0 Å². The maximum atomic E-state index is 12.5. The van der Waals surface area contributed by atoms with Crippen LogP contribution in [0.15, 0.2) is 54.6 Å². The van der Waals surface area contributed by atoms with Crippen molar-refractivity contribution in [1.29, 1.82) is 0 Å². The summed E-state index contributed by atoms with van der Waals surface area (Å²) in [5.41, 5.74) is 2.46. The second kappa shape index (κ2) is 7.83. The Labute approximate surface area is 150 Å². The summed E-state index contributed by atoms with van der Waals surface area (Å²) in [4.78, 5) is 12.5. The van der Waals surface area contributed by atoms with Crippen LogP contribution in [0.3, 0.4) is 0 Å². The van der Waals surface area contributed by atoms with E-state index in [0.29, 0.717) is 6.61 Å². The van der Waals surface area contributed by atoms with Gasteiger partial charge in [-0.1, -0.05) is 86.3 Å². The lowest BCUT2D eigenvalue weighted by molar-refractivity contribution is -0.145. The maximum absolute atomic E-state index is 12.5. The Morgan fingerprint density at radius 1 is 1.00 bits per heavy atom. The molecule has 1 fully saturated rings. The molecule has 0 saturated carbocycles. The first-order chi connectivity index (χ1) is 12.2. The summed E-state index contributed by atoms with van der Waals surface area (Å²) >= 11 is 0. The molecule has 2 aromatic rings. The summed E-state index contributed by atoms with van der Waals surface area (Å²) in [7, 11) is 0. The van der Waals surface area contributed by atoms with E-state index < -0.39 is 11.7 Å². The number of carbonyl (C=O) groups excluding carboxylic acids is 1. The van der Waals surface area contributed by atoms with Crippen molar-refractivity contribution in [3.8, 4) is 0 Å². The normalized spacial score (nSPS) is 21.8. The minimum absolute atomic E-state index is 0.263. The molecule has 2 atom stereocenters. The zero-order valence-corrected chi connectivity index (χ0v) is 15.0. The molecule has 0 aromatic heterocycles. The molecule has 1 saturated heterocycles. The fraction of sp³-hybridized carbons (Fsp3) is 0.409. The lowest BCUT2D eigenvalue weighted by Gasteiger charge is -2.14. The molecule has 132 valence electrons. The number of benzene rings is 2. The van der Waals surface area contributed by atoms with Crippen LogP contribution in [0.5, 0.6) is 0 Å². The van der Waals surface area contributed by atoms with E-state index in [4.69, 9.17) is 9.47 Å².